The van der Waals surface area contributed by atoms with Crippen LogP contribution in [-0.2, 0) is 0 Å². The molecule has 2 aromatic heterocycles. The molecule has 8 heteroatoms. The van der Waals surface area contributed by atoms with Crippen LogP contribution in [0.5, 0.6) is 23.5 Å². The van der Waals surface area contributed by atoms with Gasteiger partial charge in [-0.2, -0.15) is 15.1 Å². The highest BCUT2D eigenvalue weighted by Crippen LogP contribution is 2.24. The molecule has 0 aliphatic carbocycles. The maximum atomic E-state index is 5.76. The Kier molecular flexibility index (Phi) is 5.78. The lowest BCUT2D eigenvalue weighted by Gasteiger charge is -2.09. The summed E-state index contributed by atoms with van der Waals surface area (Å²) in [7, 11) is 3.01. The van der Waals surface area contributed by atoms with Crippen LogP contribution in [0.1, 0.15) is 11.3 Å². The molecule has 0 amide bonds. The van der Waals surface area contributed by atoms with Gasteiger partial charge in [-0.05, 0) is 30.7 Å². The van der Waals surface area contributed by atoms with E-state index in [1.165, 1.54) is 14.2 Å². The standard InChI is InChI=1S/C19H19N5O3/c1-13-7-4-5-8-14(13)24-21-12-15-16(9-6-10-20-15)27-19-22-17(25-2)11-18(23-19)26-3/h4-12,24H,1-3H3/b21-12+. The monoisotopic (exact) mass is 365 g/mol. The van der Waals surface area contributed by atoms with E-state index in [4.69, 9.17) is 14.2 Å². The van der Waals surface area contributed by atoms with Crippen LogP contribution >= 0.6 is 0 Å². The number of pyridine rings is 1. The first-order chi connectivity index (χ1) is 13.2. The molecule has 0 spiro atoms. The predicted molar refractivity (Wildman–Crippen MR) is 102 cm³/mol. The van der Waals surface area contributed by atoms with Crippen molar-refractivity contribution in [2.45, 2.75) is 6.92 Å². The van der Waals surface area contributed by atoms with Crippen molar-refractivity contribution >= 4 is 11.9 Å². The highest BCUT2D eigenvalue weighted by molar-refractivity contribution is 5.81. The lowest BCUT2D eigenvalue weighted by Crippen LogP contribution is -2.01. The zero-order chi connectivity index (χ0) is 19.1. The van der Waals surface area contributed by atoms with Crippen molar-refractivity contribution in [1.29, 1.82) is 0 Å². The van der Waals surface area contributed by atoms with Crippen molar-refractivity contribution in [3.05, 3.63) is 59.9 Å². The second kappa shape index (κ2) is 8.61. The molecule has 0 bridgehead atoms. The largest absolute Gasteiger partial charge is 0.481 e. The highest BCUT2D eigenvalue weighted by atomic mass is 16.5. The van der Waals surface area contributed by atoms with Gasteiger partial charge in [-0.1, -0.05) is 18.2 Å². The molecule has 3 rings (SSSR count). The Hall–Kier alpha value is -3.68. The summed E-state index contributed by atoms with van der Waals surface area (Å²) in [6.45, 7) is 2.00. The van der Waals surface area contributed by atoms with Gasteiger partial charge in [-0.25, -0.2) is 0 Å². The highest BCUT2D eigenvalue weighted by Gasteiger charge is 2.10. The molecule has 138 valence electrons. The van der Waals surface area contributed by atoms with Crippen molar-refractivity contribution in [2.24, 2.45) is 5.10 Å². The minimum atomic E-state index is 0.0840. The molecule has 0 aliphatic rings. The molecule has 2 heterocycles. The van der Waals surface area contributed by atoms with Crippen LogP contribution in [0.15, 0.2) is 53.8 Å². The van der Waals surface area contributed by atoms with Gasteiger partial charge < -0.3 is 14.2 Å². The summed E-state index contributed by atoms with van der Waals surface area (Å²) in [5.74, 6) is 1.11. The van der Waals surface area contributed by atoms with Gasteiger partial charge in [-0.15, -0.1) is 0 Å². The summed E-state index contributed by atoms with van der Waals surface area (Å²) in [6.07, 6.45) is 3.22. The number of nitrogens with zero attached hydrogens (tertiary/aromatic N) is 4. The number of aromatic nitrogens is 3. The maximum Gasteiger partial charge on any atom is 0.328 e. The molecular formula is C19H19N5O3. The van der Waals surface area contributed by atoms with Crippen molar-refractivity contribution in [3.8, 4) is 23.5 Å². The molecule has 3 aromatic rings. The van der Waals surface area contributed by atoms with Crippen LogP contribution < -0.4 is 19.6 Å². The first-order valence-electron chi connectivity index (χ1n) is 8.14. The molecule has 0 radical (unpaired) electrons. The van der Waals surface area contributed by atoms with Gasteiger partial charge >= 0.3 is 6.01 Å². The van der Waals surface area contributed by atoms with Crippen LogP contribution in [0.2, 0.25) is 0 Å². The van der Waals surface area contributed by atoms with Crippen LogP contribution in [0.4, 0.5) is 5.69 Å². The minimum absolute atomic E-state index is 0.0840. The number of methoxy groups -OCH3 is 2. The lowest BCUT2D eigenvalue weighted by atomic mass is 10.2. The first-order valence-corrected chi connectivity index (χ1v) is 8.14. The molecule has 27 heavy (non-hydrogen) atoms. The Morgan fingerprint density at radius 1 is 1.00 bits per heavy atom. The Morgan fingerprint density at radius 3 is 2.44 bits per heavy atom. The number of hydrogen-bond acceptors (Lipinski definition) is 8. The SMILES string of the molecule is COc1cc(OC)nc(Oc2cccnc2/C=N/Nc2ccccc2C)n1. The average molecular weight is 365 g/mol. The van der Waals surface area contributed by atoms with E-state index < -0.39 is 0 Å². The van der Waals surface area contributed by atoms with Crippen molar-refractivity contribution in [2.75, 3.05) is 19.6 Å². The second-order valence-electron chi connectivity index (χ2n) is 5.41. The number of ether oxygens (including phenoxy) is 3. The Bertz CT molecular complexity index is 924. The summed E-state index contributed by atoms with van der Waals surface area (Å²) in [5, 5.41) is 4.23. The van der Waals surface area contributed by atoms with Gasteiger partial charge in [0.15, 0.2) is 5.75 Å². The first kappa shape index (κ1) is 18.1. The number of nitrogens with one attached hydrogen (secondary N) is 1. The molecule has 0 saturated carbocycles. The van der Waals surface area contributed by atoms with E-state index in [9.17, 15) is 0 Å². The molecule has 0 saturated heterocycles. The van der Waals surface area contributed by atoms with E-state index >= 15 is 0 Å². The number of para-hydroxylation sites is 1. The molecular weight excluding hydrogens is 346 g/mol. The van der Waals surface area contributed by atoms with Crippen LogP contribution in [0.3, 0.4) is 0 Å². The van der Waals surface area contributed by atoms with Crippen molar-refractivity contribution in [3.63, 3.8) is 0 Å². The van der Waals surface area contributed by atoms with Crippen LogP contribution in [-0.4, -0.2) is 35.4 Å². The molecule has 1 aromatic carbocycles. The van der Waals surface area contributed by atoms with Crippen molar-refractivity contribution < 1.29 is 14.2 Å². The van der Waals surface area contributed by atoms with E-state index in [0.717, 1.165) is 11.3 Å². The fraction of sp³-hybridized carbons (Fsp3) is 0.158. The third-order valence-electron chi connectivity index (χ3n) is 3.59. The Balaban J connectivity index is 1.80. The molecule has 1 N–H and O–H groups in total. The van der Waals surface area contributed by atoms with E-state index in [2.05, 4.69) is 25.5 Å². The number of anilines is 1. The summed E-state index contributed by atoms with van der Waals surface area (Å²) in [6, 6.07) is 13.0. The Labute approximate surface area is 156 Å². The number of rotatable bonds is 7. The fourth-order valence-corrected chi connectivity index (χ4v) is 2.18. The van der Waals surface area contributed by atoms with Crippen LogP contribution in [0.25, 0.3) is 0 Å². The normalized spacial score (nSPS) is 10.6. The number of aryl methyl sites for hydroxylation is 1. The summed E-state index contributed by atoms with van der Waals surface area (Å²) >= 11 is 0. The summed E-state index contributed by atoms with van der Waals surface area (Å²) in [4.78, 5) is 12.6. The van der Waals surface area contributed by atoms with Gasteiger partial charge in [0, 0.05) is 6.20 Å². The predicted octanol–water partition coefficient (Wildman–Crippen LogP) is 3.44. The van der Waals surface area contributed by atoms with Gasteiger partial charge in [0.1, 0.15) is 5.69 Å². The van der Waals surface area contributed by atoms with E-state index in [1.54, 1.807) is 30.6 Å². The zero-order valence-electron chi connectivity index (χ0n) is 15.2. The third-order valence-corrected chi connectivity index (χ3v) is 3.59. The molecule has 0 fully saturated rings. The minimum Gasteiger partial charge on any atom is -0.481 e. The zero-order valence-corrected chi connectivity index (χ0v) is 15.2. The second-order valence-corrected chi connectivity index (χ2v) is 5.41. The molecule has 0 unspecified atom stereocenters. The van der Waals surface area contributed by atoms with Crippen LogP contribution in [0, 0.1) is 6.92 Å². The number of hydrazone groups is 1. The van der Waals surface area contributed by atoms with Gasteiger partial charge in [-0.3, -0.25) is 10.4 Å². The fourth-order valence-electron chi connectivity index (χ4n) is 2.18. The third kappa shape index (κ3) is 4.69. The van der Waals surface area contributed by atoms with Gasteiger partial charge in [0.05, 0.1) is 32.2 Å². The topological polar surface area (TPSA) is 90.8 Å². The average Bonchev–Trinajstić information content (AvgIpc) is 2.70. The summed E-state index contributed by atoms with van der Waals surface area (Å²) < 4.78 is 16.0. The number of benzene rings is 1. The van der Waals surface area contributed by atoms with Crippen molar-refractivity contribution in [1.82, 2.24) is 15.0 Å². The van der Waals surface area contributed by atoms with E-state index in [-0.39, 0.29) is 6.01 Å². The number of hydrogen-bond donors (Lipinski definition) is 1. The lowest BCUT2D eigenvalue weighted by molar-refractivity contribution is 0.347. The van der Waals surface area contributed by atoms with E-state index in [1.807, 2.05) is 31.2 Å². The van der Waals surface area contributed by atoms with Gasteiger partial charge in [0.25, 0.3) is 0 Å². The van der Waals surface area contributed by atoms with E-state index in [0.29, 0.717) is 23.2 Å². The maximum absolute atomic E-state index is 5.76. The smallest absolute Gasteiger partial charge is 0.328 e. The molecule has 0 aliphatic heterocycles. The Morgan fingerprint density at radius 2 is 1.74 bits per heavy atom. The van der Waals surface area contributed by atoms with Gasteiger partial charge in [0.2, 0.25) is 11.8 Å². The quantitative estimate of drug-likeness (QED) is 0.506. The summed E-state index contributed by atoms with van der Waals surface area (Å²) in [5.41, 5.74) is 5.51. The molecule has 8 nitrogen and oxygen atoms in total. The molecule has 0 atom stereocenters.